The van der Waals surface area contributed by atoms with Crippen molar-refractivity contribution in [2.24, 2.45) is 0 Å². The molecule has 1 heterocycles. The molecular weight excluding hydrogens is 238 g/mol. The van der Waals surface area contributed by atoms with Crippen LogP contribution < -0.4 is 10.0 Å². The predicted molar refractivity (Wildman–Crippen MR) is 68.0 cm³/mol. The fraction of sp³-hybridized carbons (Fsp3) is 1.00. The third kappa shape index (κ3) is 2.65. The van der Waals surface area contributed by atoms with E-state index in [2.05, 4.69) is 10.0 Å². The second kappa shape index (κ2) is 5.22. The van der Waals surface area contributed by atoms with E-state index in [1.165, 1.54) is 6.42 Å². The first kappa shape index (κ1) is 13.3. The maximum absolute atomic E-state index is 12.2. The summed E-state index contributed by atoms with van der Waals surface area (Å²) in [4.78, 5) is 0. The average molecular weight is 261 g/mol. The summed E-state index contributed by atoms with van der Waals surface area (Å²) in [7, 11) is -3.30. The molecule has 1 spiro atoms. The Balaban J connectivity index is 2.22. The van der Waals surface area contributed by atoms with E-state index in [0.29, 0.717) is 13.1 Å². The molecule has 1 saturated heterocycles. The maximum atomic E-state index is 12.2. The van der Waals surface area contributed by atoms with E-state index >= 15 is 0 Å². The predicted octanol–water partition coefficient (Wildman–Crippen LogP) is 0.449. The molecule has 2 aliphatic rings. The standard InChI is InChI=1S/C11H23N3O2S/c1-2-13-17(15,16)14-9-8-12-10-11(14)6-4-3-5-7-11/h12-13H,2-10H2,1H3. The van der Waals surface area contributed by atoms with E-state index in [9.17, 15) is 8.42 Å². The van der Waals surface area contributed by atoms with Gasteiger partial charge in [0, 0.05) is 31.7 Å². The van der Waals surface area contributed by atoms with Crippen LogP contribution in [-0.2, 0) is 10.2 Å². The van der Waals surface area contributed by atoms with Gasteiger partial charge in [-0.2, -0.15) is 12.7 Å². The molecule has 2 rings (SSSR count). The fourth-order valence-corrected chi connectivity index (χ4v) is 4.71. The van der Waals surface area contributed by atoms with E-state index < -0.39 is 10.2 Å². The molecule has 1 aliphatic heterocycles. The lowest BCUT2D eigenvalue weighted by Crippen LogP contribution is -2.65. The molecule has 17 heavy (non-hydrogen) atoms. The Labute approximate surface area is 104 Å². The second-order valence-electron chi connectivity index (χ2n) is 5.04. The van der Waals surface area contributed by atoms with Gasteiger partial charge in [0.25, 0.3) is 10.2 Å². The number of nitrogens with zero attached hydrogens (tertiary/aromatic N) is 1. The summed E-state index contributed by atoms with van der Waals surface area (Å²) in [6.45, 7) is 4.44. The van der Waals surface area contributed by atoms with Crippen LogP contribution in [-0.4, -0.2) is 44.4 Å². The van der Waals surface area contributed by atoms with Gasteiger partial charge in [0.1, 0.15) is 0 Å². The number of hydrogen-bond acceptors (Lipinski definition) is 3. The summed E-state index contributed by atoms with van der Waals surface area (Å²) in [6.07, 6.45) is 5.49. The zero-order valence-corrected chi connectivity index (χ0v) is 11.4. The lowest BCUT2D eigenvalue weighted by molar-refractivity contribution is 0.0997. The van der Waals surface area contributed by atoms with E-state index in [0.717, 1.165) is 38.8 Å². The Kier molecular flexibility index (Phi) is 4.07. The van der Waals surface area contributed by atoms with Crippen LogP contribution in [0.15, 0.2) is 0 Å². The summed E-state index contributed by atoms with van der Waals surface area (Å²) >= 11 is 0. The number of hydrogen-bond donors (Lipinski definition) is 2. The first-order valence-corrected chi connectivity index (χ1v) is 8.03. The molecule has 1 aliphatic carbocycles. The summed E-state index contributed by atoms with van der Waals surface area (Å²) in [5.74, 6) is 0. The highest BCUT2D eigenvalue weighted by molar-refractivity contribution is 7.87. The smallest absolute Gasteiger partial charge is 0.280 e. The molecule has 0 atom stereocenters. The van der Waals surface area contributed by atoms with Crippen molar-refractivity contribution >= 4 is 10.2 Å². The van der Waals surface area contributed by atoms with E-state index in [4.69, 9.17) is 0 Å². The Morgan fingerprint density at radius 3 is 2.65 bits per heavy atom. The van der Waals surface area contributed by atoms with Gasteiger partial charge in [-0.15, -0.1) is 0 Å². The molecular formula is C11H23N3O2S. The van der Waals surface area contributed by atoms with Crippen LogP contribution in [0.2, 0.25) is 0 Å². The van der Waals surface area contributed by atoms with Gasteiger partial charge < -0.3 is 5.32 Å². The molecule has 0 aromatic rings. The first-order valence-electron chi connectivity index (χ1n) is 6.59. The normalized spacial score (nSPS) is 26.2. The SMILES string of the molecule is CCNS(=O)(=O)N1CCNCC12CCCCC2. The summed E-state index contributed by atoms with van der Waals surface area (Å²) < 4.78 is 28.8. The second-order valence-corrected chi connectivity index (χ2v) is 6.72. The van der Waals surface area contributed by atoms with Crippen LogP contribution in [0.3, 0.4) is 0 Å². The molecule has 0 aromatic heterocycles. The summed E-state index contributed by atoms with van der Waals surface area (Å²) in [6, 6.07) is 0. The molecule has 1 saturated carbocycles. The van der Waals surface area contributed by atoms with Crippen molar-refractivity contribution in [1.82, 2.24) is 14.3 Å². The first-order chi connectivity index (χ1) is 8.11. The van der Waals surface area contributed by atoms with Crippen LogP contribution in [0, 0.1) is 0 Å². The Hall–Kier alpha value is -0.170. The van der Waals surface area contributed by atoms with Crippen LogP contribution >= 0.6 is 0 Å². The van der Waals surface area contributed by atoms with Gasteiger partial charge in [-0.3, -0.25) is 0 Å². The fourth-order valence-electron chi connectivity index (χ4n) is 3.10. The van der Waals surface area contributed by atoms with Crippen molar-refractivity contribution in [1.29, 1.82) is 0 Å². The van der Waals surface area contributed by atoms with Gasteiger partial charge in [0.05, 0.1) is 0 Å². The van der Waals surface area contributed by atoms with Crippen molar-refractivity contribution in [3.05, 3.63) is 0 Å². The maximum Gasteiger partial charge on any atom is 0.280 e. The number of rotatable bonds is 3. The Bertz CT molecular complexity index is 341. The van der Waals surface area contributed by atoms with Gasteiger partial charge in [0.15, 0.2) is 0 Å². The molecule has 100 valence electrons. The molecule has 0 bridgehead atoms. The average Bonchev–Trinajstić information content (AvgIpc) is 2.30. The Morgan fingerprint density at radius 2 is 2.00 bits per heavy atom. The minimum Gasteiger partial charge on any atom is -0.314 e. The number of piperazine rings is 1. The third-order valence-corrected chi connectivity index (χ3v) is 5.68. The quantitative estimate of drug-likeness (QED) is 0.775. The van der Waals surface area contributed by atoms with Gasteiger partial charge in [-0.05, 0) is 12.8 Å². The summed E-state index contributed by atoms with van der Waals surface area (Å²) in [5, 5.41) is 3.36. The van der Waals surface area contributed by atoms with Crippen molar-refractivity contribution in [3.63, 3.8) is 0 Å². The lowest BCUT2D eigenvalue weighted by atomic mass is 9.80. The summed E-state index contributed by atoms with van der Waals surface area (Å²) in [5.41, 5.74) is -0.169. The molecule has 0 amide bonds. The van der Waals surface area contributed by atoms with E-state index in [1.54, 1.807) is 4.31 Å². The van der Waals surface area contributed by atoms with E-state index in [-0.39, 0.29) is 5.54 Å². The molecule has 0 aromatic carbocycles. The van der Waals surface area contributed by atoms with Crippen molar-refractivity contribution in [3.8, 4) is 0 Å². The third-order valence-electron chi connectivity index (χ3n) is 3.88. The van der Waals surface area contributed by atoms with E-state index in [1.807, 2.05) is 6.92 Å². The zero-order chi connectivity index (χ0) is 12.4. The molecule has 2 fully saturated rings. The highest BCUT2D eigenvalue weighted by Gasteiger charge is 2.45. The largest absolute Gasteiger partial charge is 0.314 e. The van der Waals surface area contributed by atoms with Crippen molar-refractivity contribution in [2.75, 3.05) is 26.2 Å². The molecule has 0 unspecified atom stereocenters. The van der Waals surface area contributed by atoms with Crippen molar-refractivity contribution in [2.45, 2.75) is 44.6 Å². The monoisotopic (exact) mass is 261 g/mol. The minimum atomic E-state index is -3.30. The highest BCUT2D eigenvalue weighted by Crippen LogP contribution is 2.35. The molecule has 0 radical (unpaired) electrons. The van der Waals surface area contributed by atoms with Gasteiger partial charge >= 0.3 is 0 Å². The van der Waals surface area contributed by atoms with Crippen LogP contribution in [0.1, 0.15) is 39.0 Å². The van der Waals surface area contributed by atoms with Crippen LogP contribution in [0.5, 0.6) is 0 Å². The van der Waals surface area contributed by atoms with Crippen molar-refractivity contribution < 1.29 is 8.42 Å². The highest BCUT2D eigenvalue weighted by atomic mass is 32.2. The minimum absolute atomic E-state index is 0.169. The van der Waals surface area contributed by atoms with Crippen LogP contribution in [0.25, 0.3) is 0 Å². The van der Waals surface area contributed by atoms with Gasteiger partial charge in [-0.1, -0.05) is 26.2 Å². The zero-order valence-electron chi connectivity index (χ0n) is 10.5. The molecule has 6 heteroatoms. The lowest BCUT2D eigenvalue weighted by Gasteiger charge is -2.48. The van der Waals surface area contributed by atoms with Crippen LogP contribution in [0.4, 0.5) is 0 Å². The number of nitrogens with one attached hydrogen (secondary N) is 2. The van der Waals surface area contributed by atoms with Gasteiger partial charge in [0.2, 0.25) is 0 Å². The molecule has 2 N–H and O–H groups in total. The Morgan fingerprint density at radius 1 is 1.29 bits per heavy atom. The topological polar surface area (TPSA) is 61.4 Å². The van der Waals surface area contributed by atoms with Gasteiger partial charge in [-0.25, -0.2) is 4.72 Å². The molecule has 5 nitrogen and oxygen atoms in total.